The second-order valence-electron chi connectivity index (χ2n) is 9.79. The van der Waals surface area contributed by atoms with Crippen LogP contribution in [0.1, 0.15) is 51.2 Å². The van der Waals surface area contributed by atoms with E-state index in [1.165, 1.54) is 46.0 Å². The van der Waals surface area contributed by atoms with Crippen LogP contribution in [-0.2, 0) is 17.9 Å². The highest BCUT2D eigenvalue weighted by atomic mass is 19.1. The van der Waals surface area contributed by atoms with E-state index < -0.39 is 23.1 Å². The summed E-state index contributed by atoms with van der Waals surface area (Å²) in [6.45, 7) is 7.30. The van der Waals surface area contributed by atoms with Gasteiger partial charge in [0.15, 0.2) is 11.4 Å². The maximum absolute atomic E-state index is 13.9. The van der Waals surface area contributed by atoms with Gasteiger partial charge in [-0.2, -0.15) is 0 Å². The van der Waals surface area contributed by atoms with Gasteiger partial charge >= 0.3 is 0 Å². The monoisotopic (exact) mass is 588 g/mol. The Hall–Kier alpha value is -5.19. The Morgan fingerprint density at radius 2 is 1.79 bits per heavy atom. The number of hydrogen-bond acceptors (Lipinski definition) is 6. The molecule has 0 fully saturated rings. The highest BCUT2D eigenvalue weighted by molar-refractivity contribution is 6.01. The number of carbonyl (C=O) groups excluding carboxylic acids is 3. The lowest BCUT2D eigenvalue weighted by Crippen LogP contribution is -2.55. The van der Waals surface area contributed by atoms with Gasteiger partial charge in [-0.15, -0.1) is 13.2 Å². The molecule has 224 valence electrons. The van der Waals surface area contributed by atoms with Gasteiger partial charge in [-0.25, -0.2) is 14.1 Å². The molecule has 0 atom stereocenters. The Balaban J connectivity index is 1.72. The van der Waals surface area contributed by atoms with Crippen LogP contribution in [0.3, 0.4) is 0 Å². The number of fused-ring (bicyclic) bond motifs is 1. The van der Waals surface area contributed by atoms with E-state index >= 15 is 0 Å². The molecule has 0 saturated heterocycles. The molecule has 2 aromatic carbocycles. The number of pyridine rings is 1. The van der Waals surface area contributed by atoms with Gasteiger partial charge in [0.2, 0.25) is 11.3 Å². The Bertz CT molecular complexity index is 1590. The van der Waals surface area contributed by atoms with Crippen LogP contribution in [0.2, 0.25) is 0 Å². The third-order valence-electron chi connectivity index (χ3n) is 6.67. The molecule has 0 spiro atoms. The van der Waals surface area contributed by atoms with Crippen molar-refractivity contribution < 1.29 is 28.2 Å². The van der Waals surface area contributed by atoms with Gasteiger partial charge in [0.25, 0.3) is 11.8 Å². The molecule has 0 unspecified atom stereocenters. The van der Waals surface area contributed by atoms with Crippen molar-refractivity contribution in [2.75, 3.05) is 25.3 Å². The molecule has 0 saturated carbocycles. The summed E-state index contributed by atoms with van der Waals surface area (Å²) in [7, 11) is 1.50. The molecule has 0 bridgehead atoms. The first kappa shape index (κ1) is 30.8. The van der Waals surface area contributed by atoms with Crippen LogP contribution in [-0.4, -0.2) is 47.6 Å². The summed E-state index contributed by atoms with van der Waals surface area (Å²) >= 11 is 0. The predicted molar refractivity (Wildman–Crippen MR) is 159 cm³/mol. The van der Waals surface area contributed by atoms with Crippen LogP contribution < -0.4 is 25.2 Å². The number of rotatable bonds is 13. The number of carbonyl (C=O) groups is 3. The molecule has 1 N–H and O–H groups in total. The Morgan fingerprint density at radius 1 is 1.05 bits per heavy atom. The second kappa shape index (κ2) is 14.1. The first-order valence-electron chi connectivity index (χ1n) is 13.7. The fourth-order valence-corrected chi connectivity index (χ4v) is 4.39. The summed E-state index contributed by atoms with van der Waals surface area (Å²) < 4.78 is 26.7. The fraction of sp³-hybridized carbons (Fsp3) is 0.250. The first-order valence-corrected chi connectivity index (χ1v) is 13.7. The quantitative estimate of drug-likeness (QED) is 0.239. The Kier molecular flexibility index (Phi) is 10.1. The van der Waals surface area contributed by atoms with E-state index in [-0.39, 0.29) is 61.5 Å². The lowest BCUT2D eigenvalue weighted by atomic mass is 10.1. The summed E-state index contributed by atoms with van der Waals surface area (Å²) in [5, 5.41) is 3.95. The van der Waals surface area contributed by atoms with Gasteiger partial charge in [-0.05, 0) is 24.5 Å². The number of allylic oxidation sites excluding steroid dienone is 1. The van der Waals surface area contributed by atoms with Crippen LogP contribution in [0.4, 0.5) is 4.39 Å². The van der Waals surface area contributed by atoms with E-state index in [0.717, 1.165) is 5.56 Å². The van der Waals surface area contributed by atoms with Gasteiger partial charge < -0.3 is 19.7 Å². The van der Waals surface area contributed by atoms with E-state index in [0.29, 0.717) is 18.4 Å². The van der Waals surface area contributed by atoms with E-state index in [1.54, 1.807) is 36.4 Å². The molecule has 3 amide bonds. The smallest absolute Gasteiger partial charge is 0.277 e. The number of amides is 3. The number of halogens is 1. The molecule has 10 nitrogen and oxygen atoms in total. The summed E-state index contributed by atoms with van der Waals surface area (Å²) in [6, 6.07) is 12.9. The van der Waals surface area contributed by atoms with Crippen LogP contribution in [0.5, 0.6) is 11.5 Å². The summed E-state index contributed by atoms with van der Waals surface area (Å²) in [5.41, 5.74) is -0.123. The van der Waals surface area contributed by atoms with E-state index in [9.17, 15) is 23.6 Å². The minimum atomic E-state index is -0.816. The molecule has 43 heavy (non-hydrogen) atoms. The topological polar surface area (TPSA) is 110 Å². The van der Waals surface area contributed by atoms with Crippen molar-refractivity contribution >= 4 is 17.7 Å². The molecule has 11 heteroatoms. The Morgan fingerprint density at radius 3 is 2.51 bits per heavy atom. The highest BCUT2D eigenvalue weighted by Gasteiger charge is 2.36. The van der Waals surface area contributed by atoms with Gasteiger partial charge in [-0.3, -0.25) is 19.2 Å². The van der Waals surface area contributed by atoms with Gasteiger partial charge in [0.1, 0.15) is 30.4 Å². The zero-order valence-electron chi connectivity index (χ0n) is 23.9. The molecule has 2 heterocycles. The van der Waals surface area contributed by atoms with Crippen LogP contribution >= 0.6 is 0 Å². The Labute approximate surface area is 248 Å². The summed E-state index contributed by atoms with van der Waals surface area (Å²) in [6.07, 6.45) is 5.46. The number of benzene rings is 2. The molecule has 1 aliphatic rings. The third kappa shape index (κ3) is 7.18. The number of nitrogens with zero attached hydrogens (tertiary/aromatic N) is 3. The lowest BCUT2D eigenvalue weighted by Gasteiger charge is -2.37. The number of ether oxygens (including phenoxy) is 2. The molecule has 1 aliphatic heterocycles. The molecular weight excluding hydrogens is 555 g/mol. The molecule has 3 aromatic rings. The van der Waals surface area contributed by atoms with Crippen molar-refractivity contribution in [1.29, 1.82) is 0 Å². The van der Waals surface area contributed by atoms with Crippen LogP contribution in [0.15, 0.2) is 84.8 Å². The SMILES string of the molecule is C=CCCOc1cc(F)ccc1CNC(=O)c1cn2c(c(OCc3ccccc3)c1=O)C(=O)N(C)CN2C(=O)CCC=C. The summed E-state index contributed by atoms with van der Waals surface area (Å²) in [5.74, 6) is -2.30. The van der Waals surface area contributed by atoms with E-state index in [2.05, 4.69) is 18.5 Å². The second-order valence-corrected chi connectivity index (χ2v) is 9.79. The van der Waals surface area contributed by atoms with Crippen LogP contribution in [0, 0.1) is 5.82 Å². The minimum absolute atomic E-state index is 0.0590. The van der Waals surface area contributed by atoms with Crippen molar-refractivity contribution in [2.24, 2.45) is 0 Å². The molecule has 0 radical (unpaired) electrons. The average Bonchev–Trinajstić information content (AvgIpc) is 3.01. The van der Waals surface area contributed by atoms with Crippen molar-refractivity contribution in [3.63, 3.8) is 0 Å². The molecule has 4 rings (SSSR count). The normalized spacial score (nSPS) is 12.4. The number of hydrogen-bond donors (Lipinski definition) is 1. The molecule has 0 aliphatic carbocycles. The highest BCUT2D eigenvalue weighted by Crippen LogP contribution is 2.24. The maximum Gasteiger partial charge on any atom is 0.277 e. The van der Waals surface area contributed by atoms with Crippen LogP contribution in [0.25, 0.3) is 0 Å². The zero-order valence-corrected chi connectivity index (χ0v) is 23.9. The maximum atomic E-state index is 13.9. The molecule has 1 aromatic heterocycles. The zero-order chi connectivity index (χ0) is 30.9. The van der Waals surface area contributed by atoms with E-state index in [1.807, 2.05) is 6.07 Å². The first-order chi connectivity index (χ1) is 20.7. The van der Waals surface area contributed by atoms with E-state index in [4.69, 9.17) is 9.47 Å². The predicted octanol–water partition coefficient (Wildman–Crippen LogP) is 3.93. The number of nitrogens with one attached hydrogen (secondary N) is 1. The van der Waals surface area contributed by atoms with Crippen molar-refractivity contribution in [3.8, 4) is 11.5 Å². The standard InChI is InChI=1S/C32H33FN4O6/c1-4-6-13-27(38)37-21-35(3)32(41)28-30(43-20-22-11-9-8-10-12-22)29(39)25(19-36(28)37)31(40)34-18-23-14-15-24(33)17-26(23)42-16-7-5-2/h4-5,8-12,14-15,17,19H,1-2,6-7,13,16,18,20-21H2,3H3,(H,34,40). The van der Waals surface area contributed by atoms with Gasteiger partial charge in [-0.1, -0.05) is 48.6 Å². The van der Waals surface area contributed by atoms with Gasteiger partial charge in [0.05, 0.1) is 6.61 Å². The average molecular weight is 589 g/mol. The molecular formula is C32H33FN4O6. The number of aromatic nitrogens is 1. The van der Waals surface area contributed by atoms with Crippen molar-refractivity contribution in [2.45, 2.75) is 32.4 Å². The minimum Gasteiger partial charge on any atom is -0.493 e. The lowest BCUT2D eigenvalue weighted by molar-refractivity contribution is -0.120. The fourth-order valence-electron chi connectivity index (χ4n) is 4.39. The third-order valence-corrected chi connectivity index (χ3v) is 6.67. The van der Waals surface area contributed by atoms with Crippen molar-refractivity contribution in [3.05, 3.63) is 118 Å². The largest absolute Gasteiger partial charge is 0.493 e. The van der Waals surface area contributed by atoms with Crippen molar-refractivity contribution in [1.82, 2.24) is 14.9 Å². The van der Waals surface area contributed by atoms with Gasteiger partial charge in [0, 0.05) is 37.8 Å². The summed E-state index contributed by atoms with van der Waals surface area (Å²) in [4.78, 5) is 55.0.